The smallest absolute Gasteiger partial charge is 0.329 e. The summed E-state index contributed by atoms with van der Waals surface area (Å²) < 4.78 is 10.3. The van der Waals surface area contributed by atoms with Gasteiger partial charge in [-0.15, -0.1) is 0 Å². The van der Waals surface area contributed by atoms with Gasteiger partial charge in [-0.2, -0.15) is 0 Å². The number of rotatable bonds is 3. The summed E-state index contributed by atoms with van der Waals surface area (Å²) >= 11 is 0. The molecule has 0 saturated carbocycles. The summed E-state index contributed by atoms with van der Waals surface area (Å²) in [7, 11) is -4.11. The Morgan fingerprint density at radius 1 is 1.55 bits per heavy atom. The molecule has 0 aliphatic heterocycles. The number of carbonyl (C=O) groups is 1. The third-order valence-electron chi connectivity index (χ3n) is 0.825. The first-order valence-electron chi connectivity index (χ1n) is 2.76. The fraction of sp³-hybridized carbons (Fsp3) is 0.400. The highest BCUT2D eigenvalue weighted by atomic mass is 31.2. The van der Waals surface area contributed by atoms with E-state index in [2.05, 4.69) is 0 Å². The third-order valence-corrected chi connectivity index (χ3v) is 1.74. The van der Waals surface area contributed by atoms with Gasteiger partial charge in [-0.25, -0.2) is 4.79 Å². The van der Waals surface area contributed by atoms with Crippen molar-refractivity contribution in [3.8, 4) is 0 Å². The fourth-order valence-corrected chi connectivity index (χ4v) is 1.32. The van der Waals surface area contributed by atoms with Crippen LogP contribution < -0.4 is 0 Å². The molecule has 0 radical (unpaired) electrons. The molecule has 0 heterocycles. The Morgan fingerprint density at radius 2 is 2.00 bits per heavy atom. The van der Waals surface area contributed by atoms with Gasteiger partial charge >= 0.3 is 13.6 Å². The predicted octanol–water partition coefficient (Wildman–Crippen LogP) is 0.195. The second kappa shape index (κ2) is 3.67. The van der Waals surface area contributed by atoms with Crippen molar-refractivity contribution >= 4 is 13.6 Å². The lowest BCUT2D eigenvalue weighted by Crippen LogP contribution is -1.94. The molecule has 64 valence electrons. The van der Waals surface area contributed by atoms with Crippen LogP contribution in [0.3, 0.4) is 0 Å². The summed E-state index contributed by atoms with van der Waals surface area (Å²) in [5.41, 5.74) is 0.158. The van der Waals surface area contributed by atoms with E-state index in [0.29, 0.717) is 0 Å². The maximum Gasteiger partial charge on any atom is 0.329 e. The van der Waals surface area contributed by atoms with Crippen LogP contribution in [0.25, 0.3) is 0 Å². The zero-order valence-electron chi connectivity index (χ0n) is 5.89. The highest BCUT2D eigenvalue weighted by Crippen LogP contribution is 2.36. The van der Waals surface area contributed by atoms with Gasteiger partial charge in [0.2, 0.25) is 0 Å². The van der Waals surface area contributed by atoms with Crippen LogP contribution in [0.5, 0.6) is 0 Å². The molecule has 0 aromatic heterocycles. The average Bonchev–Trinajstić information content (AvgIpc) is 1.53. The Bertz CT molecular complexity index is 225. The first kappa shape index (κ1) is 10.4. The summed E-state index contributed by atoms with van der Waals surface area (Å²) in [4.78, 5) is 26.7. The normalized spacial score (nSPS) is 13.2. The molecule has 0 spiro atoms. The van der Waals surface area contributed by atoms with Crippen LogP contribution in [-0.4, -0.2) is 27.0 Å². The van der Waals surface area contributed by atoms with Gasteiger partial charge in [0.05, 0.1) is 6.16 Å². The van der Waals surface area contributed by atoms with Crippen molar-refractivity contribution in [2.24, 2.45) is 0 Å². The fourth-order valence-electron chi connectivity index (χ4n) is 0.581. The molecule has 0 aliphatic carbocycles. The zero-order valence-corrected chi connectivity index (χ0v) is 6.78. The topological polar surface area (TPSA) is 94.8 Å². The summed E-state index contributed by atoms with van der Waals surface area (Å²) in [5.74, 6) is -1.20. The van der Waals surface area contributed by atoms with E-state index in [0.717, 1.165) is 6.08 Å². The average molecular weight is 180 g/mol. The molecule has 5 nitrogen and oxygen atoms in total. The Kier molecular flexibility index (Phi) is 3.45. The van der Waals surface area contributed by atoms with Crippen LogP contribution in [0.4, 0.5) is 0 Å². The second-order valence-corrected chi connectivity index (χ2v) is 3.80. The van der Waals surface area contributed by atoms with Crippen molar-refractivity contribution in [1.82, 2.24) is 0 Å². The molecule has 11 heavy (non-hydrogen) atoms. The number of hydrogen-bond acceptors (Lipinski definition) is 2. The molecule has 0 rings (SSSR count). The van der Waals surface area contributed by atoms with E-state index in [1.54, 1.807) is 0 Å². The van der Waals surface area contributed by atoms with E-state index >= 15 is 0 Å². The molecule has 0 aromatic carbocycles. The van der Waals surface area contributed by atoms with E-state index in [4.69, 9.17) is 14.9 Å². The quantitative estimate of drug-likeness (QED) is 0.425. The molecule has 0 saturated heterocycles. The van der Waals surface area contributed by atoms with Gasteiger partial charge in [0, 0.05) is 6.08 Å². The van der Waals surface area contributed by atoms with E-state index in [-0.39, 0.29) is 5.57 Å². The Hall–Kier alpha value is -0.640. The maximum absolute atomic E-state index is 10.3. The van der Waals surface area contributed by atoms with E-state index in [9.17, 15) is 9.36 Å². The molecule has 6 heteroatoms. The van der Waals surface area contributed by atoms with Gasteiger partial charge in [0.15, 0.2) is 0 Å². The summed E-state index contributed by atoms with van der Waals surface area (Å²) in [6.45, 7) is 1.35. The molecule has 3 N–H and O–H groups in total. The van der Waals surface area contributed by atoms with Crippen molar-refractivity contribution in [2.45, 2.75) is 6.92 Å². The summed E-state index contributed by atoms with van der Waals surface area (Å²) in [6, 6.07) is 0. The number of carboxylic acids is 1. The van der Waals surface area contributed by atoms with E-state index < -0.39 is 19.7 Å². The van der Waals surface area contributed by atoms with Crippen LogP contribution in [0.2, 0.25) is 0 Å². The summed E-state index contributed by atoms with van der Waals surface area (Å²) in [5, 5.41) is 8.15. The van der Waals surface area contributed by atoms with Gasteiger partial charge in [-0.1, -0.05) is 5.57 Å². The van der Waals surface area contributed by atoms with Crippen LogP contribution in [0, 0.1) is 0 Å². The SMILES string of the molecule is CC(=CC(=O)O)CP(=O)(O)O. The molecule has 0 aromatic rings. The lowest BCUT2D eigenvalue weighted by molar-refractivity contribution is -0.131. The van der Waals surface area contributed by atoms with Crippen molar-refractivity contribution in [2.75, 3.05) is 6.16 Å². The minimum atomic E-state index is -4.11. The first-order valence-corrected chi connectivity index (χ1v) is 4.56. The minimum Gasteiger partial charge on any atom is -0.478 e. The zero-order chi connectivity index (χ0) is 9.07. The number of hydrogen-bond donors (Lipinski definition) is 3. The highest BCUT2D eigenvalue weighted by molar-refractivity contribution is 7.52. The summed E-state index contributed by atoms with van der Waals surface area (Å²) in [6.07, 6.45) is 0.276. The Balaban J connectivity index is 4.19. The van der Waals surface area contributed by atoms with Gasteiger partial charge in [0.25, 0.3) is 0 Å². The van der Waals surface area contributed by atoms with Crippen molar-refractivity contribution in [3.63, 3.8) is 0 Å². The molecule has 0 atom stereocenters. The number of carboxylic acid groups (broad SMARTS) is 1. The standard InChI is InChI=1S/C5H9O5P/c1-4(2-5(6)7)3-11(8,9)10/h2H,3H2,1H3,(H,6,7)(H2,8,9,10). The molecule has 0 aliphatic rings. The van der Waals surface area contributed by atoms with Crippen molar-refractivity contribution < 1.29 is 24.3 Å². The van der Waals surface area contributed by atoms with Crippen LogP contribution in [-0.2, 0) is 9.36 Å². The largest absolute Gasteiger partial charge is 0.478 e. The van der Waals surface area contributed by atoms with Gasteiger partial charge in [0.1, 0.15) is 0 Å². The Morgan fingerprint density at radius 3 is 2.27 bits per heavy atom. The Labute approximate surface area is 63.5 Å². The lowest BCUT2D eigenvalue weighted by Gasteiger charge is -2.01. The van der Waals surface area contributed by atoms with Crippen LogP contribution >= 0.6 is 7.60 Å². The molecule has 0 unspecified atom stereocenters. The second-order valence-electron chi connectivity index (χ2n) is 2.15. The first-order chi connectivity index (χ1) is 4.81. The van der Waals surface area contributed by atoms with Crippen LogP contribution in [0.1, 0.15) is 6.92 Å². The lowest BCUT2D eigenvalue weighted by atomic mass is 10.3. The molecule has 0 amide bonds. The van der Waals surface area contributed by atoms with E-state index in [1.807, 2.05) is 0 Å². The molecular weight excluding hydrogens is 171 g/mol. The van der Waals surface area contributed by atoms with Gasteiger partial charge < -0.3 is 14.9 Å². The molecule has 0 bridgehead atoms. The van der Waals surface area contributed by atoms with Crippen molar-refractivity contribution in [3.05, 3.63) is 11.6 Å². The highest BCUT2D eigenvalue weighted by Gasteiger charge is 2.13. The molecular formula is C5H9O5P. The van der Waals surface area contributed by atoms with Crippen molar-refractivity contribution in [1.29, 1.82) is 0 Å². The predicted molar refractivity (Wildman–Crippen MR) is 38.3 cm³/mol. The van der Waals surface area contributed by atoms with E-state index in [1.165, 1.54) is 6.92 Å². The maximum atomic E-state index is 10.3. The van der Waals surface area contributed by atoms with Crippen LogP contribution in [0.15, 0.2) is 11.6 Å². The molecule has 0 fully saturated rings. The third kappa shape index (κ3) is 7.25. The minimum absolute atomic E-state index is 0.158. The monoisotopic (exact) mass is 180 g/mol. The van der Waals surface area contributed by atoms with Gasteiger partial charge in [-0.05, 0) is 6.92 Å². The number of aliphatic carboxylic acids is 1. The van der Waals surface area contributed by atoms with Gasteiger partial charge in [-0.3, -0.25) is 4.57 Å². The number of allylic oxidation sites excluding steroid dienone is 1.